The van der Waals surface area contributed by atoms with Gasteiger partial charge in [-0.2, -0.15) is 0 Å². The summed E-state index contributed by atoms with van der Waals surface area (Å²) in [5.41, 5.74) is 0. The van der Waals surface area contributed by atoms with Crippen molar-refractivity contribution in [1.82, 2.24) is 0 Å². The van der Waals surface area contributed by atoms with Crippen molar-refractivity contribution < 1.29 is 0 Å². The molecule has 0 atom stereocenters. The summed E-state index contributed by atoms with van der Waals surface area (Å²) in [4.78, 5) is 2.93. The van der Waals surface area contributed by atoms with Crippen molar-refractivity contribution in [2.24, 2.45) is 0 Å². The van der Waals surface area contributed by atoms with Crippen LogP contribution in [0.5, 0.6) is 0 Å². The normalized spacial score (nSPS) is 12.2. The van der Waals surface area contributed by atoms with Gasteiger partial charge in [-0.3, -0.25) is 0 Å². The first-order valence-corrected chi connectivity index (χ1v) is 14.1. The first-order valence-electron chi connectivity index (χ1n) is 12.4. The van der Waals surface area contributed by atoms with Crippen molar-refractivity contribution in [1.29, 1.82) is 0 Å². The molecule has 4 aromatic carbocycles. The fourth-order valence-corrected chi connectivity index (χ4v) is 7.52. The first kappa shape index (κ1) is 21.1. The Morgan fingerprint density at radius 3 is 1.64 bits per heavy atom. The highest BCUT2D eigenvalue weighted by molar-refractivity contribution is 7.19. The van der Waals surface area contributed by atoms with E-state index in [0.29, 0.717) is 0 Å². The summed E-state index contributed by atoms with van der Waals surface area (Å²) in [6, 6.07) is 23.5. The second kappa shape index (κ2) is 8.74. The Morgan fingerprint density at radius 1 is 0.515 bits per heavy atom. The maximum atomic E-state index is 2.47. The van der Waals surface area contributed by atoms with Crippen LogP contribution in [0.25, 0.3) is 52.5 Å². The smallest absolute Gasteiger partial charge is 0.0352 e. The van der Waals surface area contributed by atoms with Gasteiger partial charge in [0, 0.05) is 29.9 Å². The Balaban J connectivity index is 1.40. The van der Waals surface area contributed by atoms with Crippen LogP contribution in [0.3, 0.4) is 0 Å². The number of unbranched alkanes of at least 4 members (excludes halogenated alkanes) is 5. The van der Waals surface area contributed by atoms with E-state index in [2.05, 4.69) is 74.5 Å². The molecule has 0 spiro atoms. The maximum absolute atomic E-state index is 2.47. The van der Waals surface area contributed by atoms with Gasteiger partial charge in [-0.25, -0.2) is 0 Å². The summed E-state index contributed by atoms with van der Waals surface area (Å²) in [6.07, 6.45) is 9.40. The third-order valence-corrected chi connectivity index (χ3v) is 9.32. The van der Waals surface area contributed by atoms with E-state index in [0.717, 1.165) is 0 Å². The quantitative estimate of drug-likeness (QED) is 0.162. The minimum atomic E-state index is 1.22. The van der Waals surface area contributed by atoms with Crippen LogP contribution in [0.15, 0.2) is 60.7 Å². The van der Waals surface area contributed by atoms with Crippen LogP contribution in [-0.2, 0) is 6.42 Å². The summed E-state index contributed by atoms with van der Waals surface area (Å²) in [7, 11) is 0. The van der Waals surface area contributed by atoms with E-state index in [-0.39, 0.29) is 0 Å². The lowest BCUT2D eigenvalue weighted by Gasteiger charge is -2.09. The topological polar surface area (TPSA) is 0 Å². The average Bonchev–Trinajstić information content (AvgIpc) is 3.43. The molecule has 0 aliphatic carbocycles. The Bertz CT molecular complexity index is 1610. The number of hydrogen-bond donors (Lipinski definition) is 0. The van der Waals surface area contributed by atoms with Crippen LogP contribution >= 0.6 is 22.7 Å². The van der Waals surface area contributed by atoms with E-state index in [1.54, 1.807) is 4.88 Å². The molecule has 0 radical (unpaired) electrons. The number of benzene rings is 4. The SMILES string of the molecule is CCCCCCCCc1cc2c(ccc3c2ccc2c4ccc5sc(C)cc5c4ccc32)s1. The van der Waals surface area contributed by atoms with Gasteiger partial charge in [0.1, 0.15) is 0 Å². The number of rotatable bonds is 7. The minimum Gasteiger partial charge on any atom is -0.141 e. The fourth-order valence-electron chi connectivity index (χ4n) is 5.46. The van der Waals surface area contributed by atoms with Crippen molar-refractivity contribution in [2.75, 3.05) is 0 Å². The van der Waals surface area contributed by atoms with Crippen molar-refractivity contribution in [3.05, 3.63) is 70.4 Å². The van der Waals surface area contributed by atoms with E-state index < -0.39 is 0 Å². The highest BCUT2D eigenvalue weighted by Gasteiger charge is 2.11. The molecular weight excluding hydrogens is 436 g/mol. The van der Waals surface area contributed by atoms with Crippen LogP contribution in [-0.4, -0.2) is 0 Å². The fraction of sp³-hybridized carbons (Fsp3) is 0.290. The summed E-state index contributed by atoms with van der Waals surface area (Å²) < 4.78 is 2.82. The van der Waals surface area contributed by atoms with Crippen molar-refractivity contribution in [2.45, 2.75) is 58.8 Å². The van der Waals surface area contributed by atoms with E-state index in [1.165, 1.54) is 102 Å². The summed E-state index contributed by atoms with van der Waals surface area (Å²) in [6.45, 7) is 4.49. The molecular formula is C31H30S2. The lowest BCUT2D eigenvalue weighted by molar-refractivity contribution is 0.609. The van der Waals surface area contributed by atoms with Gasteiger partial charge in [-0.05, 0) is 76.3 Å². The van der Waals surface area contributed by atoms with Gasteiger partial charge in [0.25, 0.3) is 0 Å². The molecule has 2 heterocycles. The molecule has 0 saturated carbocycles. The number of hydrogen-bond acceptors (Lipinski definition) is 2. The van der Waals surface area contributed by atoms with Crippen molar-refractivity contribution in [3.63, 3.8) is 0 Å². The molecule has 0 nitrogen and oxygen atoms in total. The molecule has 0 N–H and O–H groups in total. The average molecular weight is 467 g/mol. The van der Waals surface area contributed by atoms with E-state index in [4.69, 9.17) is 0 Å². The number of fused-ring (bicyclic) bond motifs is 9. The monoisotopic (exact) mass is 466 g/mol. The van der Waals surface area contributed by atoms with Crippen LogP contribution < -0.4 is 0 Å². The van der Waals surface area contributed by atoms with Gasteiger partial charge in [0.2, 0.25) is 0 Å². The molecule has 0 amide bonds. The zero-order valence-corrected chi connectivity index (χ0v) is 21.2. The Hall–Kier alpha value is -2.42. The van der Waals surface area contributed by atoms with Gasteiger partial charge >= 0.3 is 0 Å². The Labute approximate surface area is 203 Å². The van der Waals surface area contributed by atoms with Crippen molar-refractivity contribution in [3.8, 4) is 0 Å². The predicted molar refractivity (Wildman–Crippen MR) is 152 cm³/mol. The third-order valence-electron chi connectivity index (χ3n) is 7.14. The standard InChI is InChI=1S/C31H30S2/c1-3-4-5-6-7-8-9-21-19-29-27-13-11-22-23(25(27)15-17-31(29)33-21)10-12-26-24(22)14-16-30-28(26)18-20(2)32-30/h10-19H,3-9H2,1-2H3. The molecule has 0 aliphatic rings. The van der Waals surface area contributed by atoms with Gasteiger partial charge in [0.05, 0.1) is 0 Å². The second-order valence-corrected chi connectivity index (χ2v) is 11.9. The Morgan fingerprint density at radius 2 is 1.00 bits per heavy atom. The molecule has 6 rings (SSSR count). The maximum Gasteiger partial charge on any atom is 0.0352 e. The summed E-state index contributed by atoms with van der Waals surface area (Å²) in [5, 5.41) is 11.1. The molecule has 2 aromatic heterocycles. The van der Waals surface area contributed by atoms with Gasteiger partial charge < -0.3 is 0 Å². The summed E-state index contributed by atoms with van der Waals surface area (Å²) >= 11 is 3.88. The molecule has 0 unspecified atom stereocenters. The van der Waals surface area contributed by atoms with Crippen LogP contribution in [0, 0.1) is 6.92 Å². The van der Waals surface area contributed by atoms with E-state index in [9.17, 15) is 0 Å². The Kier molecular flexibility index (Phi) is 5.60. The first-order chi connectivity index (χ1) is 16.2. The highest BCUT2D eigenvalue weighted by atomic mass is 32.1. The zero-order chi connectivity index (χ0) is 22.4. The molecule has 0 fully saturated rings. The molecule has 0 bridgehead atoms. The van der Waals surface area contributed by atoms with Crippen molar-refractivity contribution >= 4 is 75.2 Å². The van der Waals surface area contributed by atoms with E-state index in [1.807, 2.05) is 22.7 Å². The largest absolute Gasteiger partial charge is 0.141 e. The zero-order valence-electron chi connectivity index (χ0n) is 19.5. The minimum absolute atomic E-state index is 1.22. The van der Waals surface area contributed by atoms with E-state index >= 15 is 0 Å². The van der Waals surface area contributed by atoms with Crippen LogP contribution in [0.1, 0.15) is 55.2 Å². The van der Waals surface area contributed by atoms with Gasteiger partial charge in [0.15, 0.2) is 0 Å². The molecule has 0 aliphatic heterocycles. The molecule has 6 aromatic rings. The third kappa shape index (κ3) is 3.74. The molecule has 2 heteroatoms. The molecule has 0 saturated heterocycles. The predicted octanol–water partition coefficient (Wildman–Crippen LogP) is 10.8. The molecule has 33 heavy (non-hydrogen) atoms. The highest BCUT2D eigenvalue weighted by Crippen LogP contribution is 2.40. The van der Waals surface area contributed by atoms with Crippen LogP contribution in [0.4, 0.5) is 0 Å². The van der Waals surface area contributed by atoms with Crippen LogP contribution in [0.2, 0.25) is 0 Å². The molecule has 166 valence electrons. The summed E-state index contributed by atoms with van der Waals surface area (Å²) in [5.74, 6) is 0. The number of thiophene rings is 2. The van der Waals surface area contributed by atoms with Gasteiger partial charge in [-0.1, -0.05) is 75.4 Å². The second-order valence-electron chi connectivity index (χ2n) is 9.46. The number of aryl methyl sites for hydroxylation is 2. The van der Waals surface area contributed by atoms with Gasteiger partial charge in [-0.15, -0.1) is 22.7 Å². The lowest BCUT2D eigenvalue weighted by atomic mass is 9.95. The lowest BCUT2D eigenvalue weighted by Crippen LogP contribution is -1.83.